The van der Waals surface area contributed by atoms with Crippen molar-refractivity contribution in [3.8, 4) is 11.5 Å². The Hall–Kier alpha value is -2.79. The van der Waals surface area contributed by atoms with Gasteiger partial charge < -0.3 is 14.8 Å². The van der Waals surface area contributed by atoms with Gasteiger partial charge in [-0.15, -0.1) is 0 Å². The Balaban J connectivity index is 1.63. The molecule has 0 fully saturated rings. The monoisotopic (exact) mass is 410 g/mol. The van der Waals surface area contributed by atoms with Gasteiger partial charge in [-0.05, 0) is 55.3 Å². The predicted octanol–water partition coefficient (Wildman–Crippen LogP) is 4.53. The summed E-state index contributed by atoms with van der Waals surface area (Å²) in [5, 5.41) is 2.95. The zero-order valence-corrected chi connectivity index (χ0v) is 18.4. The van der Waals surface area contributed by atoms with Crippen LogP contribution < -0.4 is 14.8 Å². The Labute approximate surface area is 180 Å². The highest BCUT2D eigenvalue weighted by Crippen LogP contribution is 2.27. The van der Waals surface area contributed by atoms with E-state index in [1.165, 1.54) is 5.56 Å². The Morgan fingerprint density at radius 2 is 1.77 bits per heavy atom. The number of unbranched alkanes of at least 4 members (excludes halogenated alkanes) is 2. The predicted molar refractivity (Wildman–Crippen MR) is 123 cm³/mol. The molecular weight excluding hydrogens is 376 g/mol. The van der Waals surface area contributed by atoms with Gasteiger partial charge in [-0.2, -0.15) is 0 Å². The molecule has 5 heteroatoms. The third kappa shape index (κ3) is 8.29. The van der Waals surface area contributed by atoms with E-state index in [-0.39, 0.29) is 5.91 Å². The molecule has 0 bridgehead atoms. The summed E-state index contributed by atoms with van der Waals surface area (Å²) in [5.41, 5.74) is 2.24. The third-order valence-electron chi connectivity index (χ3n) is 4.98. The third-order valence-corrected chi connectivity index (χ3v) is 4.98. The van der Waals surface area contributed by atoms with E-state index in [0.29, 0.717) is 18.0 Å². The fourth-order valence-electron chi connectivity index (χ4n) is 3.23. The van der Waals surface area contributed by atoms with Crippen LogP contribution in [0, 0.1) is 0 Å². The van der Waals surface area contributed by atoms with Crippen LogP contribution in [-0.2, 0) is 11.3 Å². The molecule has 0 aromatic heterocycles. The van der Waals surface area contributed by atoms with Gasteiger partial charge >= 0.3 is 0 Å². The van der Waals surface area contributed by atoms with Crippen molar-refractivity contribution in [3.63, 3.8) is 0 Å². The van der Waals surface area contributed by atoms with Crippen molar-refractivity contribution in [2.75, 3.05) is 33.9 Å². The Bertz CT molecular complexity index is 790. The fraction of sp³-hybridized carbons (Fsp3) is 0.400. The number of rotatable bonds is 13. The molecule has 0 saturated carbocycles. The first-order chi connectivity index (χ1) is 14.7. The number of hydrogen-bond donors (Lipinski definition) is 1. The number of carbonyl (C=O) groups is 1. The second-order valence-corrected chi connectivity index (χ2v) is 7.15. The van der Waals surface area contributed by atoms with E-state index in [1.54, 1.807) is 26.4 Å². The Morgan fingerprint density at radius 3 is 2.47 bits per heavy atom. The zero-order chi connectivity index (χ0) is 21.6. The molecule has 0 heterocycles. The van der Waals surface area contributed by atoms with Gasteiger partial charge in [0.2, 0.25) is 5.91 Å². The van der Waals surface area contributed by atoms with Crippen LogP contribution >= 0.6 is 0 Å². The molecule has 1 N–H and O–H groups in total. The lowest BCUT2D eigenvalue weighted by molar-refractivity contribution is -0.116. The fourth-order valence-corrected chi connectivity index (χ4v) is 3.23. The largest absolute Gasteiger partial charge is 0.493 e. The van der Waals surface area contributed by atoms with Crippen molar-refractivity contribution in [2.45, 2.75) is 32.7 Å². The maximum absolute atomic E-state index is 12.0. The van der Waals surface area contributed by atoms with Crippen LogP contribution in [-0.4, -0.2) is 44.7 Å². The molecule has 2 rings (SSSR count). The van der Waals surface area contributed by atoms with Crippen LogP contribution in [0.5, 0.6) is 11.5 Å². The van der Waals surface area contributed by atoms with E-state index in [2.05, 4.69) is 47.5 Å². The summed E-state index contributed by atoms with van der Waals surface area (Å²) in [6, 6.07) is 16.1. The molecule has 0 atom stereocenters. The molecule has 2 aromatic rings. The Kier molecular flexibility index (Phi) is 10.5. The van der Waals surface area contributed by atoms with Gasteiger partial charge in [0, 0.05) is 19.2 Å². The van der Waals surface area contributed by atoms with E-state index >= 15 is 0 Å². The number of nitrogens with zero attached hydrogens (tertiary/aromatic N) is 1. The van der Waals surface area contributed by atoms with Crippen molar-refractivity contribution in [3.05, 3.63) is 65.7 Å². The van der Waals surface area contributed by atoms with Gasteiger partial charge in [-0.1, -0.05) is 49.7 Å². The lowest BCUT2D eigenvalue weighted by Gasteiger charge is -2.20. The number of ether oxygens (including phenoxy) is 2. The lowest BCUT2D eigenvalue weighted by Crippen LogP contribution is -2.25. The lowest BCUT2D eigenvalue weighted by atomic mass is 10.2. The first kappa shape index (κ1) is 23.5. The summed E-state index contributed by atoms with van der Waals surface area (Å²) in [4.78, 5) is 14.5. The smallest absolute Gasteiger partial charge is 0.243 e. The molecule has 0 aliphatic rings. The van der Waals surface area contributed by atoms with E-state index in [9.17, 15) is 4.79 Å². The molecule has 0 radical (unpaired) electrons. The van der Waals surface area contributed by atoms with Crippen LogP contribution in [0.25, 0.3) is 6.08 Å². The molecule has 0 saturated heterocycles. The van der Waals surface area contributed by atoms with Crippen LogP contribution in [0.2, 0.25) is 0 Å². The molecule has 162 valence electrons. The van der Waals surface area contributed by atoms with Gasteiger partial charge in [0.1, 0.15) is 0 Å². The minimum atomic E-state index is -0.0796. The van der Waals surface area contributed by atoms with Crippen LogP contribution in [0.1, 0.15) is 37.3 Å². The molecule has 0 aliphatic heterocycles. The normalized spacial score (nSPS) is 11.1. The van der Waals surface area contributed by atoms with Crippen molar-refractivity contribution in [2.24, 2.45) is 0 Å². The quantitative estimate of drug-likeness (QED) is 0.389. The number of carbonyl (C=O) groups excluding carboxylic acids is 1. The maximum atomic E-state index is 12.0. The number of benzene rings is 2. The summed E-state index contributed by atoms with van der Waals surface area (Å²) < 4.78 is 10.5. The van der Waals surface area contributed by atoms with Crippen molar-refractivity contribution >= 4 is 12.0 Å². The summed E-state index contributed by atoms with van der Waals surface area (Å²) in [7, 11) is 3.20. The molecule has 0 aliphatic carbocycles. The summed E-state index contributed by atoms with van der Waals surface area (Å²) >= 11 is 0. The SMILES string of the molecule is CCN(CCCCCNC(=O)/C=C/c1ccc(OC)c(OC)c1)Cc1ccccc1. The molecule has 1 amide bonds. The summed E-state index contributed by atoms with van der Waals surface area (Å²) in [5.74, 6) is 1.24. The molecule has 2 aromatic carbocycles. The standard InChI is InChI=1S/C25H34N2O3/c1-4-27(20-22-11-7-5-8-12-22)18-10-6-9-17-26-25(28)16-14-21-13-15-23(29-2)24(19-21)30-3/h5,7-8,11-16,19H,4,6,9-10,17-18,20H2,1-3H3,(H,26,28)/b16-14+. The number of hydrogen-bond acceptors (Lipinski definition) is 4. The molecule has 0 unspecified atom stereocenters. The van der Waals surface area contributed by atoms with Gasteiger partial charge in [-0.3, -0.25) is 9.69 Å². The first-order valence-electron chi connectivity index (χ1n) is 10.6. The molecule has 30 heavy (non-hydrogen) atoms. The van der Waals surface area contributed by atoms with Gasteiger partial charge in [0.25, 0.3) is 0 Å². The van der Waals surface area contributed by atoms with Gasteiger partial charge in [0.15, 0.2) is 11.5 Å². The van der Waals surface area contributed by atoms with E-state index < -0.39 is 0 Å². The summed E-state index contributed by atoms with van der Waals surface area (Å²) in [6.07, 6.45) is 6.56. The molecular formula is C25H34N2O3. The average molecular weight is 411 g/mol. The van der Waals surface area contributed by atoms with Crippen LogP contribution in [0.3, 0.4) is 0 Å². The summed E-state index contributed by atoms with van der Waals surface area (Å²) in [6.45, 7) is 6.02. The van der Waals surface area contributed by atoms with Crippen molar-refractivity contribution in [1.82, 2.24) is 10.2 Å². The van der Waals surface area contributed by atoms with E-state index in [4.69, 9.17) is 9.47 Å². The minimum absolute atomic E-state index is 0.0796. The van der Waals surface area contributed by atoms with Crippen molar-refractivity contribution < 1.29 is 14.3 Å². The maximum Gasteiger partial charge on any atom is 0.243 e. The highest BCUT2D eigenvalue weighted by Gasteiger charge is 2.04. The number of nitrogens with one attached hydrogen (secondary N) is 1. The Morgan fingerprint density at radius 1 is 1.00 bits per heavy atom. The van der Waals surface area contributed by atoms with E-state index in [0.717, 1.165) is 44.5 Å². The topological polar surface area (TPSA) is 50.8 Å². The molecule has 0 spiro atoms. The number of amides is 1. The van der Waals surface area contributed by atoms with E-state index in [1.807, 2.05) is 18.2 Å². The molecule has 5 nitrogen and oxygen atoms in total. The zero-order valence-electron chi connectivity index (χ0n) is 18.4. The highest BCUT2D eigenvalue weighted by atomic mass is 16.5. The van der Waals surface area contributed by atoms with Crippen LogP contribution in [0.15, 0.2) is 54.6 Å². The van der Waals surface area contributed by atoms with Crippen LogP contribution in [0.4, 0.5) is 0 Å². The van der Waals surface area contributed by atoms with Gasteiger partial charge in [0.05, 0.1) is 14.2 Å². The average Bonchev–Trinajstić information content (AvgIpc) is 2.79. The second-order valence-electron chi connectivity index (χ2n) is 7.15. The first-order valence-corrected chi connectivity index (χ1v) is 10.6. The second kappa shape index (κ2) is 13.4. The van der Waals surface area contributed by atoms with Crippen molar-refractivity contribution in [1.29, 1.82) is 0 Å². The van der Waals surface area contributed by atoms with Gasteiger partial charge in [-0.25, -0.2) is 0 Å². The highest BCUT2D eigenvalue weighted by molar-refractivity contribution is 5.91. The number of methoxy groups -OCH3 is 2. The minimum Gasteiger partial charge on any atom is -0.493 e.